The Morgan fingerprint density at radius 3 is 2.55 bits per heavy atom. The normalized spacial score (nSPS) is 17.2. The van der Waals surface area contributed by atoms with E-state index in [2.05, 4.69) is 27.6 Å². The highest BCUT2D eigenvalue weighted by Gasteiger charge is 2.19. The summed E-state index contributed by atoms with van der Waals surface area (Å²) in [6.45, 7) is 4.54. The van der Waals surface area contributed by atoms with Gasteiger partial charge in [0.25, 0.3) is 0 Å². The molecule has 1 saturated heterocycles. The highest BCUT2D eigenvalue weighted by atomic mass is 19.1. The van der Waals surface area contributed by atoms with Gasteiger partial charge in [0.05, 0.1) is 0 Å². The topological polar surface area (TPSA) is 40.2 Å². The molecule has 20 heavy (non-hydrogen) atoms. The van der Waals surface area contributed by atoms with Crippen LogP contribution in [0.25, 0.3) is 0 Å². The van der Waals surface area contributed by atoms with Gasteiger partial charge in [-0.3, -0.25) is 0 Å². The molecule has 0 radical (unpaired) electrons. The SMILES string of the molecule is CCCNc1nc(NC2CCN(C)CC2)c(F)cc1F. The van der Waals surface area contributed by atoms with Gasteiger partial charge in [-0.15, -0.1) is 0 Å². The summed E-state index contributed by atoms with van der Waals surface area (Å²) in [5.41, 5.74) is 0. The number of piperidine rings is 1. The van der Waals surface area contributed by atoms with Crippen LogP contribution in [0.1, 0.15) is 26.2 Å². The first-order valence-corrected chi connectivity index (χ1v) is 7.15. The standard InChI is InChI=1S/C14H22F2N4/c1-3-6-17-13-11(15)9-12(16)14(19-13)18-10-4-7-20(2)8-5-10/h9-10H,3-8H2,1-2H3,(H2,17,18,19). The molecule has 6 heteroatoms. The lowest BCUT2D eigenvalue weighted by molar-refractivity contribution is 0.263. The van der Waals surface area contributed by atoms with Crippen LogP contribution in [0.4, 0.5) is 20.4 Å². The van der Waals surface area contributed by atoms with Crippen LogP contribution >= 0.6 is 0 Å². The van der Waals surface area contributed by atoms with Gasteiger partial charge >= 0.3 is 0 Å². The van der Waals surface area contributed by atoms with Crippen LogP contribution in [-0.4, -0.2) is 42.6 Å². The van der Waals surface area contributed by atoms with Crippen LogP contribution in [0.15, 0.2) is 6.07 Å². The number of rotatable bonds is 5. The molecule has 0 amide bonds. The largest absolute Gasteiger partial charge is 0.368 e. The summed E-state index contributed by atoms with van der Waals surface area (Å²) < 4.78 is 27.4. The first-order valence-electron chi connectivity index (χ1n) is 7.15. The Bertz CT molecular complexity index is 445. The quantitative estimate of drug-likeness (QED) is 0.872. The number of pyridine rings is 1. The third kappa shape index (κ3) is 3.79. The van der Waals surface area contributed by atoms with E-state index in [1.54, 1.807) is 0 Å². The average molecular weight is 284 g/mol. The average Bonchev–Trinajstić information content (AvgIpc) is 2.43. The van der Waals surface area contributed by atoms with Gasteiger partial charge in [-0.2, -0.15) is 0 Å². The van der Waals surface area contributed by atoms with Crippen LogP contribution < -0.4 is 10.6 Å². The van der Waals surface area contributed by atoms with Crippen LogP contribution in [0.2, 0.25) is 0 Å². The van der Waals surface area contributed by atoms with Crippen LogP contribution in [-0.2, 0) is 0 Å². The van der Waals surface area contributed by atoms with E-state index < -0.39 is 11.6 Å². The van der Waals surface area contributed by atoms with Crippen molar-refractivity contribution in [3.63, 3.8) is 0 Å². The van der Waals surface area contributed by atoms with Gasteiger partial charge in [0, 0.05) is 18.7 Å². The fourth-order valence-electron chi connectivity index (χ4n) is 2.28. The minimum atomic E-state index is -0.648. The Balaban J connectivity index is 2.06. The molecule has 0 atom stereocenters. The van der Waals surface area contributed by atoms with Gasteiger partial charge in [0.2, 0.25) is 0 Å². The smallest absolute Gasteiger partial charge is 0.168 e. The highest BCUT2D eigenvalue weighted by Crippen LogP contribution is 2.21. The molecule has 1 fully saturated rings. The van der Waals surface area contributed by atoms with Crippen molar-refractivity contribution in [3.8, 4) is 0 Å². The van der Waals surface area contributed by atoms with Crippen molar-refractivity contribution >= 4 is 11.6 Å². The zero-order chi connectivity index (χ0) is 14.5. The molecule has 0 unspecified atom stereocenters. The number of hydrogen-bond donors (Lipinski definition) is 2. The summed E-state index contributed by atoms with van der Waals surface area (Å²) in [5, 5.41) is 5.97. The predicted octanol–water partition coefficient (Wildman–Crippen LogP) is 2.69. The second kappa shape index (κ2) is 6.83. The van der Waals surface area contributed by atoms with E-state index in [4.69, 9.17) is 0 Å². The first-order chi connectivity index (χ1) is 9.60. The molecule has 4 nitrogen and oxygen atoms in total. The van der Waals surface area contributed by atoms with Crippen LogP contribution in [0, 0.1) is 11.6 Å². The zero-order valence-electron chi connectivity index (χ0n) is 12.0. The third-order valence-corrected chi connectivity index (χ3v) is 3.53. The fourth-order valence-corrected chi connectivity index (χ4v) is 2.28. The van der Waals surface area contributed by atoms with E-state index in [0.717, 1.165) is 38.4 Å². The first kappa shape index (κ1) is 15.0. The molecular weight excluding hydrogens is 262 g/mol. The molecule has 2 heterocycles. The number of anilines is 2. The van der Waals surface area contributed by atoms with Crippen molar-refractivity contribution in [2.45, 2.75) is 32.2 Å². The number of hydrogen-bond acceptors (Lipinski definition) is 4. The Kier molecular flexibility index (Phi) is 5.11. The maximum atomic E-state index is 13.8. The molecule has 1 aromatic heterocycles. The third-order valence-electron chi connectivity index (χ3n) is 3.53. The molecule has 1 aliphatic heterocycles. The fraction of sp³-hybridized carbons (Fsp3) is 0.643. The molecule has 2 N–H and O–H groups in total. The summed E-state index contributed by atoms with van der Waals surface area (Å²) in [6, 6.07) is 1.08. The van der Waals surface area contributed by atoms with Crippen molar-refractivity contribution in [1.82, 2.24) is 9.88 Å². The molecule has 0 saturated carbocycles. The van der Waals surface area contributed by atoms with Crippen molar-refractivity contribution < 1.29 is 8.78 Å². The molecular formula is C14H22F2N4. The summed E-state index contributed by atoms with van der Waals surface area (Å²) in [4.78, 5) is 6.27. The Morgan fingerprint density at radius 1 is 1.25 bits per heavy atom. The van der Waals surface area contributed by atoms with Gasteiger partial charge in [-0.05, 0) is 39.4 Å². The molecule has 2 rings (SSSR count). The van der Waals surface area contributed by atoms with Gasteiger partial charge < -0.3 is 15.5 Å². The van der Waals surface area contributed by atoms with E-state index in [1.165, 1.54) is 0 Å². The number of aromatic nitrogens is 1. The van der Waals surface area contributed by atoms with Gasteiger partial charge in [-0.1, -0.05) is 6.92 Å². The molecule has 0 bridgehead atoms. The molecule has 112 valence electrons. The Labute approximate surface area is 118 Å². The maximum Gasteiger partial charge on any atom is 0.168 e. The van der Waals surface area contributed by atoms with Crippen molar-refractivity contribution in [1.29, 1.82) is 0 Å². The zero-order valence-corrected chi connectivity index (χ0v) is 12.0. The lowest BCUT2D eigenvalue weighted by Crippen LogP contribution is -2.37. The maximum absolute atomic E-state index is 13.8. The summed E-state index contributed by atoms with van der Waals surface area (Å²) in [5.74, 6) is -1.03. The highest BCUT2D eigenvalue weighted by molar-refractivity contribution is 5.48. The second-order valence-corrected chi connectivity index (χ2v) is 5.30. The van der Waals surface area contributed by atoms with Crippen LogP contribution in [0.5, 0.6) is 0 Å². The van der Waals surface area contributed by atoms with Crippen molar-refractivity contribution in [2.75, 3.05) is 37.3 Å². The Hall–Kier alpha value is -1.43. The van der Waals surface area contributed by atoms with Crippen molar-refractivity contribution in [2.24, 2.45) is 0 Å². The van der Waals surface area contributed by atoms with Gasteiger partial charge in [0.15, 0.2) is 23.3 Å². The summed E-state index contributed by atoms with van der Waals surface area (Å²) >= 11 is 0. The molecule has 1 aliphatic rings. The number of nitrogens with one attached hydrogen (secondary N) is 2. The Morgan fingerprint density at radius 2 is 1.90 bits per heavy atom. The number of likely N-dealkylation sites (tertiary alicyclic amines) is 1. The number of nitrogens with zero attached hydrogens (tertiary/aromatic N) is 2. The lowest BCUT2D eigenvalue weighted by Gasteiger charge is -2.30. The molecule has 0 spiro atoms. The van der Waals surface area contributed by atoms with E-state index in [0.29, 0.717) is 6.54 Å². The monoisotopic (exact) mass is 284 g/mol. The van der Waals surface area contributed by atoms with Gasteiger partial charge in [-0.25, -0.2) is 13.8 Å². The minimum absolute atomic E-state index is 0.115. The van der Waals surface area contributed by atoms with E-state index >= 15 is 0 Å². The summed E-state index contributed by atoms with van der Waals surface area (Å²) in [6.07, 6.45) is 2.73. The molecule has 0 aliphatic carbocycles. The van der Waals surface area contributed by atoms with E-state index in [9.17, 15) is 8.78 Å². The van der Waals surface area contributed by atoms with Crippen LogP contribution in [0.3, 0.4) is 0 Å². The van der Waals surface area contributed by atoms with E-state index in [1.807, 2.05) is 6.92 Å². The second-order valence-electron chi connectivity index (χ2n) is 5.30. The van der Waals surface area contributed by atoms with Crippen molar-refractivity contribution in [3.05, 3.63) is 17.7 Å². The van der Waals surface area contributed by atoms with Gasteiger partial charge in [0.1, 0.15) is 0 Å². The van der Waals surface area contributed by atoms with E-state index in [-0.39, 0.29) is 17.7 Å². The summed E-state index contributed by atoms with van der Waals surface area (Å²) in [7, 11) is 2.07. The minimum Gasteiger partial charge on any atom is -0.368 e. The molecule has 0 aromatic carbocycles. The lowest BCUT2D eigenvalue weighted by atomic mass is 10.1. The molecule has 1 aromatic rings. The number of halogens is 2. The predicted molar refractivity (Wildman–Crippen MR) is 77.1 cm³/mol.